The average molecular weight is 179 g/mol. The van der Waals surface area contributed by atoms with E-state index in [0.717, 1.165) is 11.1 Å². The van der Waals surface area contributed by atoms with Crippen molar-refractivity contribution in [1.29, 1.82) is 0 Å². The first-order chi connectivity index (χ1) is 7.36. The summed E-state index contributed by atoms with van der Waals surface area (Å²) in [6.07, 6.45) is 0. The fourth-order valence-corrected chi connectivity index (χ4v) is 1.13. The summed E-state index contributed by atoms with van der Waals surface area (Å²) in [5.74, 6) is 6.02. The SMILES string of the molecule is [2H]c1ccccc1C#Cc1ccccc1. The maximum atomic E-state index is 7.63. The van der Waals surface area contributed by atoms with Gasteiger partial charge in [-0.1, -0.05) is 48.2 Å². The molecule has 0 N–H and O–H groups in total. The Morgan fingerprint density at radius 1 is 0.714 bits per heavy atom. The fraction of sp³-hybridized carbons (Fsp3) is 0. The van der Waals surface area contributed by atoms with Crippen LogP contribution in [0.25, 0.3) is 0 Å². The molecule has 0 unspecified atom stereocenters. The maximum Gasteiger partial charge on any atom is 0.0636 e. The predicted octanol–water partition coefficient (Wildman–Crippen LogP) is 3.09. The molecule has 0 heteroatoms. The zero-order valence-electron chi connectivity index (χ0n) is 8.70. The minimum Gasteiger partial charge on any atom is -0.0622 e. The summed E-state index contributed by atoms with van der Waals surface area (Å²) in [5.41, 5.74) is 1.74. The second-order valence-electron chi connectivity index (χ2n) is 2.89. The summed E-state index contributed by atoms with van der Waals surface area (Å²) < 4.78 is 7.63. The molecule has 0 saturated heterocycles. The van der Waals surface area contributed by atoms with Crippen molar-refractivity contribution in [2.24, 2.45) is 0 Å². The monoisotopic (exact) mass is 179 g/mol. The molecule has 2 rings (SSSR count). The Morgan fingerprint density at radius 2 is 1.29 bits per heavy atom. The average Bonchev–Trinajstić information content (AvgIpc) is 2.29. The molecule has 66 valence electrons. The van der Waals surface area contributed by atoms with E-state index in [1.807, 2.05) is 48.5 Å². The van der Waals surface area contributed by atoms with Crippen LogP contribution in [0.5, 0.6) is 0 Å². The van der Waals surface area contributed by atoms with Crippen molar-refractivity contribution in [3.8, 4) is 11.8 Å². The van der Waals surface area contributed by atoms with Gasteiger partial charge in [0.05, 0.1) is 1.37 Å². The van der Waals surface area contributed by atoms with Crippen molar-refractivity contribution in [3.63, 3.8) is 0 Å². The van der Waals surface area contributed by atoms with E-state index < -0.39 is 0 Å². The Bertz CT molecular complexity index is 504. The van der Waals surface area contributed by atoms with E-state index in [2.05, 4.69) is 11.8 Å². The van der Waals surface area contributed by atoms with Crippen molar-refractivity contribution in [2.45, 2.75) is 0 Å². The van der Waals surface area contributed by atoms with Crippen LogP contribution >= 0.6 is 0 Å². The van der Waals surface area contributed by atoms with E-state index in [1.54, 1.807) is 6.07 Å². The van der Waals surface area contributed by atoms with Gasteiger partial charge in [-0.3, -0.25) is 0 Å². The van der Waals surface area contributed by atoms with Gasteiger partial charge in [0.15, 0.2) is 0 Å². The predicted molar refractivity (Wildman–Crippen MR) is 58.9 cm³/mol. The van der Waals surface area contributed by atoms with Crippen LogP contribution in [-0.4, -0.2) is 0 Å². The molecule has 2 aromatic carbocycles. The van der Waals surface area contributed by atoms with Crippen molar-refractivity contribution in [1.82, 2.24) is 0 Å². The topological polar surface area (TPSA) is 0 Å². The standard InChI is InChI=1S/C14H10/c1-3-7-13(8-4-1)11-12-14-9-5-2-6-10-14/h1-10H/i7D. The highest BCUT2D eigenvalue weighted by molar-refractivity contribution is 5.42. The number of rotatable bonds is 0. The highest BCUT2D eigenvalue weighted by Gasteiger charge is 1.83. The van der Waals surface area contributed by atoms with Gasteiger partial charge < -0.3 is 0 Å². The molecule has 0 atom stereocenters. The van der Waals surface area contributed by atoms with Gasteiger partial charge in [-0.15, -0.1) is 0 Å². The molecule has 0 spiro atoms. The largest absolute Gasteiger partial charge is 0.0636 e. The highest BCUT2D eigenvalue weighted by atomic mass is 13.9. The molecule has 0 saturated carbocycles. The molecule has 0 aliphatic rings. The molecule has 2 aromatic rings. The summed E-state index contributed by atoms with van der Waals surface area (Å²) in [6, 6.07) is 17.6. The molecular formula is C14H10. The van der Waals surface area contributed by atoms with Gasteiger partial charge >= 0.3 is 0 Å². The van der Waals surface area contributed by atoms with Gasteiger partial charge in [0.2, 0.25) is 0 Å². The molecule has 0 heterocycles. The van der Waals surface area contributed by atoms with Crippen LogP contribution in [0.3, 0.4) is 0 Å². The zero-order valence-corrected chi connectivity index (χ0v) is 7.70. The van der Waals surface area contributed by atoms with E-state index in [0.29, 0.717) is 6.04 Å². The lowest BCUT2D eigenvalue weighted by molar-refractivity contribution is 1.62. The number of hydrogen-bond acceptors (Lipinski definition) is 0. The van der Waals surface area contributed by atoms with Gasteiger partial charge in [-0.05, 0) is 24.2 Å². The van der Waals surface area contributed by atoms with Crippen LogP contribution in [0.2, 0.25) is 0 Å². The summed E-state index contributed by atoms with van der Waals surface area (Å²) in [5, 5.41) is 0. The van der Waals surface area contributed by atoms with Crippen LogP contribution in [0.15, 0.2) is 60.6 Å². The van der Waals surface area contributed by atoms with Crippen molar-refractivity contribution in [2.75, 3.05) is 0 Å². The van der Waals surface area contributed by atoms with Gasteiger partial charge in [-0.25, -0.2) is 0 Å². The van der Waals surface area contributed by atoms with Crippen molar-refractivity contribution in [3.05, 3.63) is 71.8 Å². The third-order valence-corrected chi connectivity index (χ3v) is 1.82. The van der Waals surface area contributed by atoms with Gasteiger partial charge in [-0.2, -0.15) is 0 Å². The van der Waals surface area contributed by atoms with Crippen LogP contribution in [0, 0.1) is 11.8 Å². The van der Waals surface area contributed by atoms with Gasteiger partial charge in [0.1, 0.15) is 0 Å². The number of hydrogen-bond donors (Lipinski definition) is 0. The highest BCUT2D eigenvalue weighted by Crippen LogP contribution is 1.98. The fourth-order valence-electron chi connectivity index (χ4n) is 1.13. The van der Waals surface area contributed by atoms with E-state index in [9.17, 15) is 0 Å². The van der Waals surface area contributed by atoms with E-state index in [-0.39, 0.29) is 0 Å². The lowest BCUT2D eigenvalue weighted by atomic mass is 10.2. The third kappa shape index (κ3) is 2.24. The van der Waals surface area contributed by atoms with Crippen LogP contribution in [0.4, 0.5) is 0 Å². The Hall–Kier alpha value is -2.00. The zero-order chi connectivity index (χ0) is 10.5. The Labute approximate surface area is 85.6 Å². The Morgan fingerprint density at radius 3 is 2.00 bits per heavy atom. The Kier molecular flexibility index (Phi) is 2.27. The molecule has 0 amide bonds. The Balaban J connectivity index is 2.31. The summed E-state index contributed by atoms with van der Waals surface area (Å²) in [6.45, 7) is 0. The first-order valence-electron chi connectivity index (χ1n) is 4.99. The van der Waals surface area contributed by atoms with Gasteiger partial charge in [0.25, 0.3) is 0 Å². The summed E-state index contributed by atoms with van der Waals surface area (Å²) >= 11 is 0. The smallest absolute Gasteiger partial charge is 0.0622 e. The lowest BCUT2D eigenvalue weighted by Gasteiger charge is -1.88. The third-order valence-electron chi connectivity index (χ3n) is 1.82. The summed E-state index contributed by atoms with van der Waals surface area (Å²) in [4.78, 5) is 0. The molecule has 0 fully saturated rings. The maximum absolute atomic E-state index is 7.63. The number of benzene rings is 2. The van der Waals surface area contributed by atoms with Crippen LogP contribution in [-0.2, 0) is 0 Å². The second-order valence-corrected chi connectivity index (χ2v) is 2.89. The first kappa shape index (κ1) is 7.41. The molecule has 0 aliphatic carbocycles. The molecule has 0 radical (unpaired) electrons. The van der Waals surface area contributed by atoms with Crippen LogP contribution < -0.4 is 0 Å². The quantitative estimate of drug-likeness (QED) is 0.545. The summed E-state index contributed by atoms with van der Waals surface area (Å²) in [7, 11) is 0. The first-order valence-corrected chi connectivity index (χ1v) is 4.49. The van der Waals surface area contributed by atoms with Crippen LogP contribution in [0.1, 0.15) is 12.5 Å². The lowest BCUT2D eigenvalue weighted by Crippen LogP contribution is -1.73. The minimum absolute atomic E-state index is 0.473. The van der Waals surface area contributed by atoms with Crippen molar-refractivity contribution >= 4 is 0 Å². The van der Waals surface area contributed by atoms with Gasteiger partial charge in [0, 0.05) is 11.1 Å². The molecule has 0 aliphatic heterocycles. The van der Waals surface area contributed by atoms with E-state index in [1.165, 1.54) is 0 Å². The minimum atomic E-state index is 0.473. The molecular weight excluding hydrogens is 168 g/mol. The molecule has 0 aromatic heterocycles. The van der Waals surface area contributed by atoms with E-state index >= 15 is 0 Å². The molecule has 14 heavy (non-hydrogen) atoms. The normalized spacial score (nSPS) is 9.86. The van der Waals surface area contributed by atoms with Crippen molar-refractivity contribution < 1.29 is 1.37 Å². The molecule has 0 bridgehead atoms. The second kappa shape index (κ2) is 4.30. The van der Waals surface area contributed by atoms with E-state index in [4.69, 9.17) is 1.37 Å². The molecule has 0 nitrogen and oxygen atoms in total.